The minimum absolute atomic E-state index is 0.0109. The number of carboxylic acid groups (broad SMARTS) is 1. The van der Waals surface area contributed by atoms with Crippen LogP contribution in [0, 0.1) is 12.3 Å². The van der Waals surface area contributed by atoms with Crippen molar-refractivity contribution in [1.29, 1.82) is 0 Å². The molecule has 0 aliphatic rings. The van der Waals surface area contributed by atoms with Crippen molar-refractivity contribution in [3.05, 3.63) is 99.2 Å². The number of aromatic carboxylic acids is 1. The predicted octanol–water partition coefficient (Wildman–Crippen LogP) is 7.19. The van der Waals surface area contributed by atoms with Gasteiger partial charge in [0.2, 0.25) is 0 Å². The zero-order valence-electron chi connectivity index (χ0n) is 20.4. The van der Waals surface area contributed by atoms with Gasteiger partial charge in [-0.25, -0.2) is 9.78 Å². The van der Waals surface area contributed by atoms with Crippen LogP contribution in [-0.4, -0.2) is 36.4 Å². The maximum Gasteiger partial charge on any atom is 0.339 e. The first-order valence-corrected chi connectivity index (χ1v) is 12.3. The highest BCUT2D eigenvalue weighted by atomic mass is 35.5. The van der Waals surface area contributed by atoms with Crippen molar-refractivity contribution in [3.63, 3.8) is 0 Å². The number of carboxylic acids is 1. The van der Waals surface area contributed by atoms with Crippen LogP contribution < -0.4 is 9.47 Å². The lowest BCUT2D eigenvalue weighted by Gasteiger charge is -2.19. The van der Waals surface area contributed by atoms with Crippen molar-refractivity contribution in [1.82, 2.24) is 4.98 Å². The van der Waals surface area contributed by atoms with Crippen LogP contribution >= 0.6 is 23.2 Å². The van der Waals surface area contributed by atoms with E-state index in [-0.39, 0.29) is 24.5 Å². The van der Waals surface area contributed by atoms with Gasteiger partial charge in [-0.2, -0.15) is 0 Å². The van der Waals surface area contributed by atoms with Crippen molar-refractivity contribution >= 4 is 52.2 Å². The number of aromatic nitrogens is 1. The Morgan fingerprint density at radius 1 is 1.08 bits per heavy atom. The molecule has 1 N–H and O–H groups in total. The minimum Gasteiger partial charge on any atom is -0.497 e. The third kappa shape index (κ3) is 6.64. The van der Waals surface area contributed by atoms with Crippen LogP contribution in [0.3, 0.4) is 0 Å². The summed E-state index contributed by atoms with van der Waals surface area (Å²) in [7, 11) is 1.47. The van der Waals surface area contributed by atoms with Crippen LogP contribution in [0.5, 0.6) is 11.5 Å². The molecule has 1 heterocycles. The molecule has 192 valence electrons. The van der Waals surface area contributed by atoms with Gasteiger partial charge in [-0.1, -0.05) is 59.5 Å². The van der Waals surface area contributed by atoms with Gasteiger partial charge in [0.15, 0.2) is 0 Å². The van der Waals surface area contributed by atoms with Gasteiger partial charge < -0.3 is 19.3 Å². The number of carbonyl (C=O) groups is 1. The summed E-state index contributed by atoms with van der Waals surface area (Å²) in [6.45, 7) is 0.118. The number of methoxy groups -OCH3 is 1. The lowest BCUT2D eigenvalue weighted by molar-refractivity contribution is 0.0375. The summed E-state index contributed by atoms with van der Waals surface area (Å²) in [4.78, 5) is 16.3. The number of terminal acetylenes is 1. The van der Waals surface area contributed by atoms with Crippen LogP contribution in [0.1, 0.15) is 33.3 Å². The van der Waals surface area contributed by atoms with Gasteiger partial charge >= 0.3 is 5.97 Å². The number of ether oxygens (including phenoxy) is 3. The summed E-state index contributed by atoms with van der Waals surface area (Å²) < 4.78 is 16.8. The number of nitrogens with zero attached hydrogens (tertiary/aromatic N) is 1. The molecule has 1 atom stereocenters. The Balaban J connectivity index is 1.54. The van der Waals surface area contributed by atoms with E-state index in [4.69, 9.17) is 43.8 Å². The third-order valence-electron chi connectivity index (χ3n) is 5.66. The van der Waals surface area contributed by atoms with Crippen molar-refractivity contribution < 1.29 is 24.1 Å². The number of benzene rings is 3. The first kappa shape index (κ1) is 27.0. The summed E-state index contributed by atoms with van der Waals surface area (Å²) in [5, 5.41) is 11.4. The van der Waals surface area contributed by atoms with Crippen LogP contribution in [0.4, 0.5) is 0 Å². The molecule has 3 aromatic carbocycles. The predicted molar refractivity (Wildman–Crippen MR) is 150 cm³/mol. The molecular formula is C30H23Cl2NO5. The van der Waals surface area contributed by atoms with E-state index >= 15 is 0 Å². The van der Waals surface area contributed by atoms with Crippen LogP contribution in [0.25, 0.3) is 23.1 Å². The SMILES string of the molecule is C#CCOC(COc1ccc(OC)cc1C(=O)O)c1cccc(/C=C/c2ccc3cc(Cl)c(Cl)cc3n2)c1. The van der Waals surface area contributed by atoms with Crippen LogP contribution in [0.15, 0.2) is 66.7 Å². The molecular weight excluding hydrogens is 525 g/mol. The number of hydrogen-bond donors (Lipinski definition) is 1. The molecule has 0 aliphatic carbocycles. The lowest BCUT2D eigenvalue weighted by atomic mass is 10.1. The Hall–Kier alpha value is -4.02. The highest BCUT2D eigenvalue weighted by Gasteiger charge is 2.17. The van der Waals surface area contributed by atoms with E-state index in [9.17, 15) is 9.90 Å². The van der Waals surface area contributed by atoms with E-state index in [1.54, 1.807) is 24.3 Å². The molecule has 0 amide bonds. The second-order valence-corrected chi connectivity index (χ2v) is 9.00. The fraction of sp³-hybridized carbons (Fsp3) is 0.133. The summed E-state index contributed by atoms with van der Waals surface area (Å²) in [5.74, 6) is 1.96. The topological polar surface area (TPSA) is 77.9 Å². The Morgan fingerprint density at radius 2 is 1.89 bits per heavy atom. The molecule has 0 saturated carbocycles. The van der Waals surface area contributed by atoms with Crippen molar-refractivity contribution in [2.75, 3.05) is 20.3 Å². The monoisotopic (exact) mass is 547 g/mol. The highest BCUT2D eigenvalue weighted by molar-refractivity contribution is 6.42. The minimum atomic E-state index is -1.13. The van der Waals surface area contributed by atoms with Crippen molar-refractivity contribution in [2.24, 2.45) is 0 Å². The Morgan fingerprint density at radius 3 is 2.66 bits per heavy atom. The van der Waals surface area contributed by atoms with Crippen molar-refractivity contribution in [2.45, 2.75) is 6.10 Å². The molecule has 0 bridgehead atoms. The zero-order valence-corrected chi connectivity index (χ0v) is 21.9. The van der Waals surface area contributed by atoms with E-state index < -0.39 is 12.1 Å². The zero-order chi connectivity index (χ0) is 27.1. The van der Waals surface area contributed by atoms with Crippen molar-refractivity contribution in [3.8, 4) is 23.8 Å². The number of pyridine rings is 1. The average Bonchev–Trinajstić information content (AvgIpc) is 2.92. The molecule has 6 nitrogen and oxygen atoms in total. The smallest absolute Gasteiger partial charge is 0.339 e. The molecule has 4 aromatic rings. The van der Waals surface area contributed by atoms with Gasteiger partial charge in [-0.3, -0.25) is 0 Å². The van der Waals surface area contributed by atoms with E-state index in [0.29, 0.717) is 15.8 Å². The molecule has 8 heteroatoms. The molecule has 1 aromatic heterocycles. The Kier molecular flexibility index (Phi) is 8.88. The summed E-state index contributed by atoms with van der Waals surface area (Å²) in [6, 6.07) is 19.6. The van der Waals surface area contributed by atoms with Gasteiger partial charge in [0.1, 0.15) is 36.4 Å². The molecule has 0 spiro atoms. The number of fused-ring (bicyclic) bond motifs is 1. The first-order valence-electron chi connectivity index (χ1n) is 11.5. The first-order chi connectivity index (χ1) is 18.4. The maximum absolute atomic E-state index is 11.7. The summed E-state index contributed by atoms with van der Waals surface area (Å²) in [5.41, 5.74) is 3.22. The Bertz CT molecular complexity index is 1540. The van der Waals surface area contributed by atoms with E-state index in [2.05, 4.69) is 10.9 Å². The molecule has 0 aliphatic heterocycles. The van der Waals surface area contributed by atoms with E-state index in [0.717, 1.165) is 27.7 Å². The number of halogens is 2. The van der Waals surface area contributed by atoms with E-state index in [1.165, 1.54) is 13.2 Å². The van der Waals surface area contributed by atoms with Gasteiger partial charge in [-0.05, 0) is 59.7 Å². The maximum atomic E-state index is 11.7. The lowest BCUT2D eigenvalue weighted by Crippen LogP contribution is -2.16. The Labute approximate surface area is 230 Å². The fourth-order valence-electron chi connectivity index (χ4n) is 3.75. The van der Waals surface area contributed by atoms with Gasteiger partial charge in [-0.15, -0.1) is 6.42 Å². The largest absolute Gasteiger partial charge is 0.497 e. The third-order valence-corrected chi connectivity index (χ3v) is 6.38. The highest BCUT2D eigenvalue weighted by Crippen LogP contribution is 2.29. The summed E-state index contributed by atoms with van der Waals surface area (Å²) in [6.07, 6.45) is 8.71. The van der Waals surface area contributed by atoms with Gasteiger partial charge in [0.25, 0.3) is 0 Å². The second-order valence-electron chi connectivity index (χ2n) is 8.18. The molecule has 0 saturated heterocycles. The molecule has 38 heavy (non-hydrogen) atoms. The van der Waals surface area contributed by atoms with Crippen LogP contribution in [-0.2, 0) is 4.74 Å². The average molecular weight is 548 g/mol. The molecule has 1 unspecified atom stereocenters. The molecule has 0 radical (unpaired) electrons. The number of rotatable bonds is 10. The van der Waals surface area contributed by atoms with Gasteiger partial charge in [0, 0.05) is 5.39 Å². The van der Waals surface area contributed by atoms with Crippen LogP contribution in [0.2, 0.25) is 10.0 Å². The summed E-state index contributed by atoms with van der Waals surface area (Å²) >= 11 is 12.2. The van der Waals surface area contributed by atoms with E-state index in [1.807, 2.05) is 48.6 Å². The van der Waals surface area contributed by atoms with Gasteiger partial charge in [0.05, 0.1) is 28.4 Å². The fourth-order valence-corrected chi connectivity index (χ4v) is 4.08. The molecule has 4 rings (SSSR count). The normalized spacial score (nSPS) is 11.8. The number of hydrogen-bond acceptors (Lipinski definition) is 5. The molecule has 0 fully saturated rings. The standard InChI is InChI=1S/C30H23Cl2NO5/c1-3-13-37-29(18-38-28-12-11-23(36-2)16-24(28)30(34)35)21-6-4-5-19(14-21)7-9-22-10-8-20-15-25(31)26(32)17-27(20)33-22/h1,4-12,14-17,29H,13,18H2,2H3,(H,34,35)/b9-7+. The quantitative estimate of drug-likeness (QED) is 0.212. The second kappa shape index (κ2) is 12.5.